The number of nitrogens with two attached hydrogens (primary N) is 2. The highest BCUT2D eigenvalue weighted by Gasteiger charge is 2.18. The van der Waals surface area contributed by atoms with Crippen molar-refractivity contribution in [3.05, 3.63) is 45.3 Å². The lowest BCUT2D eigenvalue weighted by molar-refractivity contribution is -0.589. The smallest absolute Gasteiger partial charge is 0.307 e. The van der Waals surface area contributed by atoms with Crippen LogP contribution in [0.25, 0.3) is 11.3 Å². The Hall–Kier alpha value is -2.90. The third-order valence-electron chi connectivity index (χ3n) is 2.58. The Morgan fingerprint density at radius 1 is 1.47 bits per heavy atom. The van der Waals surface area contributed by atoms with E-state index < -0.39 is 5.91 Å². The van der Waals surface area contributed by atoms with E-state index in [1.807, 2.05) is 0 Å². The maximum Gasteiger partial charge on any atom is 0.307 e. The van der Waals surface area contributed by atoms with E-state index >= 15 is 0 Å². The van der Waals surface area contributed by atoms with Gasteiger partial charge in [-0.2, -0.15) is 0 Å². The van der Waals surface area contributed by atoms with Crippen molar-refractivity contribution in [2.75, 3.05) is 5.73 Å². The minimum absolute atomic E-state index is 0.201. The molecule has 0 aliphatic heterocycles. The Balaban J connectivity index is 2.69. The minimum Gasteiger partial charge on any atom is -0.710 e. The highest BCUT2D eigenvalue weighted by Crippen LogP contribution is 2.18. The SMILES string of the molecule is Cc1[nH]c(=O)ccc1-c1c[n+]([O-])c(N)c(C(N)=O)n1. The molecule has 0 saturated carbocycles. The van der Waals surface area contributed by atoms with Gasteiger partial charge in [0.05, 0.1) is 0 Å². The van der Waals surface area contributed by atoms with Crippen LogP contribution in [0.4, 0.5) is 5.82 Å². The lowest BCUT2D eigenvalue weighted by atomic mass is 10.1. The van der Waals surface area contributed by atoms with Crippen molar-refractivity contribution in [3.8, 4) is 11.3 Å². The maximum absolute atomic E-state index is 11.6. The molecule has 0 fully saturated rings. The molecule has 0 radical (unpaired) electrons. The summed E-state index contributed by atoms with van der Waals surface area (Å²) in [5.41, 5.74) is 11.2. The fourth-order valence-electron chi connectivity index (χ4n) is 1.66. The first-order valence-electron chi connectivity index (χ1n) is 5.30. The number of carbonyl (C=O) groups excluding carboxylic acids is 1. The van der Waals surface area contributed by atoms with E-state index in [9.17, 15) is 14.8 Å². The molecule has 8 heteroatoms. The maximum atomic E-state index is 11.6. The molecule has 19 heavy (non-hydrogen) atoms. The Bertz CT molecular complexity index is 723. The Labute approximate surface area is 107 Å². The van der Waals surface area contributed by atoms with Crippen molar-refractivity contribution >= 4 is 11.7 Å². The number of nitrogens with one attached hydrogen (secondary N) is 1. The molecule has 0 atom stereocenters. The topological polar surface area (TPSA) is 142 Å². The lowest BCUT2D eigenvalue weighted by Crippen LogP contribution is -2.35. The van der Waals surface area contributed by atoms with Gasteiger partial charge in [-0.3, -0.25) is 15.3 Å². The molecule has 98 valence electrons. The van der Waals surface area contributed by atoms with Crippen LogP contribution in [0.5, 0.6) is 0 Å². The molecule has 0 aliphatic carbocycles. The van der Waals surface area contributed by atoms with E-state index in [1.165, 1.54) is 12.1 Å². The van der Waals surface area contributed by atoms with Gasteiger partial charge in [0.2, 0.25) is 11.3 Å². The normalized spacial score (nSPS) is 10.4. The summed E-state index contributed by atoms with van der Waals surface area (Å²) in [6.45, 7) is 1.65. The number of nitrogens with zero attached hydrogens (tertiary/aromatic N) is 2. The van der Waals surface area contributed by atoms with Crippen LogP contribution in [-0.4, -0.2) is 15.9 Å². The summed E-state index contributed by atoms with van der Waals surface area (Å²) in [7, 11) is 0. The first-order valence-corrected chi connectivity index (χ1v) is 5.30. The molecule has 0 saturated heterocycles. The fourth-order valence-corrected chi connectivity index (χ4v) is 1.66. The number of aromatic nitrogens is 3. The summed E-state index contributed by atoms with van der Waals surface area (Å²) in [5, 5.41) is 11.6. The Morgan fingerprint density at radius 3 is 2.74 bits per heavy atom. The summed E-state index contributed by atoms with van der Waals surface area (Å²) in [5.74, 6) is -1.26. The number of nitrogen functional groups attached to an aromatic ring is 1. The quantitative estimate of drug-likeness (QED) is 0.472. The second kappa shape index (κ2) is 4.41. The molecule has 2 heterocycles. The second-order valence-corrected chi connectivity index (χ2v) is 3.91. The van der Waals surface area contributed by atoms with Gasteiger partial charge in [0.25, 0.3) is 5.91 Å². The van der Waals surface area contributed by atoms with Gasteiger partial charge in [-0.1, -0.05) is 0 Å². The van der Waals surface area contributed by atoms with E-state index in [0.717, 1.165) is 6.20 Å². The van der Waals surface area contributed by atoms with Crippen LogP contribution in [0.1, 0.15) is 16.2 Å². The number of pyridine rings is 1. The standard InChI is InChI=1S/C11H11N5O3/c1-5-6(2-3-8(17)14-5)7-4-16(19)10(12)9(15-7)11(13)18/h2-4H,12H2,1H3,(H2,13,18)(H,14,17). The zero-order chi connectivity index (χ0) is 14.2. The van der Waals surface area contributed by atoms with E-state index in [4.69, 9.17) is 11.5 Å². The highest BCUT2D eigenvalue weighted by molar-refractivity contribution is 5.94. The monoisotopic (exact) mass is 261 g/mol. The molecule has 0 unspecified atom stereocenters. The van der Waals surface area contributed by atoms with Crippen LogP contribution in [0.3, 0.4) is 0 Å². The van der Waals surface area contributed by atoms with Crippen LogP contribution in [0.15, 0.2) is 23.1 Å². The number of primary amides is 1. The lowest BCUT2D eigenvalue weighted by Gasteiger charge is -2.10. The fraction of sp³-hybridized carbons (Fsp3) is 0.0909. The summed E-state index contributed by atoms with van der Waals surface area (Å²) in [4.78, 5) is 28.8. The first-order chi connectivity index (χ1) is 8.90. The van der Waals surface area contributed by atoms with Crippen molar-refractivity contribution in [1.29, 1.82) is 0 Å². The van der Waals surface area contributed by atoms with Gasteiger partial charge in [0.1, 0.15) is 11.9 Å². The van der Waals surface area contributed by atoms with E-state index in [-0.39, 0.29) is 22.8 Å². The van der Waals surface area contributed by atoms with Crippen molar-refractivity contribution in [2.24, 2.45) is 5.73 Å². The minimum atomic E-state index is -0.897. The third-order valence-corrected chi connectivity index (χ3v) is 2.58. The predicted octanol–water partition coefficient (Wildman–Crippen LogP) is -0.940. The Kier molecular flexibility index (Phi) is 2.91. The molecule has 2 rings (SSSR count). The largest absolute Gasteiger partial charge is 0.710 e. The third kappa shape index (κ3) is 2.23. The van der Waals surface area contributed by atoms with E-state index in [1.54, 1.807) is 6.92 Å². The highest BCUT2D eigenvalue weighted by atomic mass is 16.5. The van der Waals surface area contributed by atoms with Crippen molar-refractivity contribution in [1.82, 2.24) is 9.97 Å². The molecule has 2 aromatic heterocycles. The van der Waals surface area contributed by atoms with Crippen molar-refractivity contribution in [2.45, 2.75) is 6.92 Å². The van der Waals surface area contributed by atoms with Gasteiger partial charge in [-0.25, -0.2) is 9.71 Å². The zero-order valence-corrected chi connectivity index (χ0v) is 10.0. The van der Waals surface area contributed by atoms with Crippen molar-refractivity contribution in [3.63, 3.8) is 0 Å². The molecule has 1 amide bonds. The summed E-state index contributed by atoms with van der Waals surface area (Å²) >= 11 is 0. The van der Waals surface area contributed by atoms with Crippen LogP contribution < -0.4 is 21.8 Å². The number of aryl methyl sites for hydroxylation is 1. The molecule has 8 nitrogen and oxygen atoms in total. The molecule has 0 spiro atoms. The van der Waals surface area contributed by atoms with Crippen LogP contribution in [0.2, 0.25) is 0 Å². The summed E-state index contributed by atoms with van der Waals surface area (Å²) < 4.78 is 0.312. The van der Waals surface area contributed by atoms with Crippen LogP contribution in [0, 0.1) is 12.1 Å². The van der Waals surface area contributed by atoms with Crippen LogP contribution in [-0.2, 0) is 0 Å². The van der Waals surface area contributed by atoms with Crippen molar-refractivity contribution < 1.29 is 9.52 Å². The van der Waals surface area contributed by atoms with Gasteiger partial charge in [0.15, 0.2) is 0 Å². The zero-order valence-electron chi connectivity index (χ0n) is 10.0. The second-order valence-electron chi connectivity index (χ2n) is 3.91. The average molecular weight is 261 g/mol. The summed E-state index contributed by atoms with van der Waals surface area (Å²) in [6, 6.07) is 2.79. The van der Waals surface area contributed by atoms with Gasteiger partial charge in [0, 0.05) is 17.3 Å². The first kappa shape index (κ1) is 12.6. The van der Waals surface area contributed by atoms with Gasteiger partial charge >= 0.3 is 5.82 Å². The number of aromatic amines is 1. The number of hydrogen-bond acceptors (Lipinski definition) is 5. The number of hydrogen-bond donors (Lipinski definition) is 3. The van der Waals surface area contributed by atoms with Gasteiger partial charge < -0.3 is 15.9 Å². The number of amides is 1. The number of anilines is 1. The molecule has 0 aliphatic rings. The molecule has 5 N–H and O–H groups in total. The number of H-pyrrole nitrogens is 1. The average Bonchev–Trinajstić information content (AvgIpc) is 2.32. The molecule has 0 aromatic carbocycles. The molecular formula is C11H11N5O3. The van der Waals surface area contributed by atoms with Gasteiger partial charge in [-0.15, -0.1) is 0 Å². The number of carbonyl (C=O) groups is 1. The molecule has 0 bridgehead atoms. The summed E-state index contributed by atoms with van der Waals surface area (Å²) in [6.07, 6.45) is 1.11. The molecule has 2 aromatic rings. The number of rotatable bonds is 2. The van der Waals surface area contributed by atoms with Crippen LogP contribution >= 0.6 is 0 Å². The van der Waals surface area contributed by atoms with E-state index in [2.05, 4.69) is 9.97 Å². The Morgan fingerprint density at radius 2 is 2.16 bits per heavy atom. The predicted molar refractivity (Wildman–Crippen MR) is 66.9 cm³/mol. The van der Waals surface area contributed by atoms with Gasteiger partial charge in [-0.05, 0) is 13.0 Å². The molecular weight excluding hydrogens is 250 g/mol. The van der Waals surface area contributed by atoms with E-state index in [0.29, 0.717) is 16.0 Å².